The Balaban J connectivity index is 1.48. The highest BCUT2D eigenvalue weighted by Gasteiger charge is 2.21. The summed E-state index contributed by atoms with van der Waals surface area (Å²) >= 11 is 0. The molecule has 10 rings (SSSR count). The van der Waals surface area contributed by atoms with Gasteiger partial charge < -0.3 is 4.42 Å². The van der Waals surface area contributed by atoms with Crippen molar-refractivity contribution in [2.75, 3.05) is 0 Å². The Bertz CT molecular complexity index is 3850. The van der Waals surface area contributed by atoms with Crippen LogP contribution >= 0.6 is 0 Å². The third-order valence-corrected chi connectivity index (χ3v) is 8.75. The van der Waals surface area contributed by atoms with Crippen molar-refractivity contribution in [1.82, 2.24) is 0 Å². The lowest BCUT2D eigenvalue weighted by atomic mass is 9.84. The Morgan fingerprint density at radius 1 is 0.306 bits per heavy atom. The van der Waals surface area contributed by atoms with Crippen LogP contribution in [0.5, 0.6) is 0 Å². The first kappa shape index (κ1) is 14.8. The minimum atomic E-state index is -0.872. The van der Waals surface area contributed by atoms with Crippen LogP contribution in [0.4, 0.5) is 0 Å². The zero-order chi connectivity index (χ0) is 48.8. The topological polar surface area (TPSA) is 13.1 Å². The van der Waals surface area contributed by atoms with Crippen LogP contribution in [0.3, 0.4) is 0 Å². The number of para-hydroxylation sites is 2. The first-order valence-electron chi connectivity index (χ1n) is 24.8. The second kappa shape index (κ2) is 11.1. The predicted octanol–water partition coefficient (Wildman–Crippen LogP) is 13.7. The summed E-state index contributed by atoms with van der Waals surface area (Å²) in [6.45, 7) is 0. The molecule has 0 radical (unpaired) electrons. The lowest BCUT2D eigenvalue weighted by Crippen LogP contribution is -1.92. The van der Waals surface area contributed by atoms with Gasteiger partial charge in [-0.25, -0.2) is 0 Å². The van der Waals surface area contributed by atoms with E-state index in [1.54, 1.807) is 18.2 Å². The Morgan fingerprint density at radius 3 is 1.43 bits per heavy atom. The highest BCUT2D eigenvalue weighted by molar-refractivity contribution is 6.24. The normalized spacial score (nSPS) is 17.1. The Morgan fingerprint density at radius 2 is 0.796 bits per heavy atom. The van der Waals surface area contributed by atoms with Gasteiger partial charge in [0.25, 0.3) is 0 Å². The van der Waals surface area contributed by atoms with Crippen molar-refractivity contribution in [3.63, 3.8) is 0 Å². The Kier molecular flexibility index (Phi) is 3.34. The summed E-state index contributed by atoms with van der Waals surface area (Å²) in [7, 11) is 0. The minimum Gasteiger partial charge on any atom is -0.455 e. The van der Waals surface area contributed by atoms with E-state index in [0.29, 0.717) is 16.4 Å². The summed E-state index contributed by atoms with van der Waals surface area (Å²) in [5.41, 5.74) is -0.0684. The minimum absolute atomic E-state index is 0.160. The maximum atomic E-state index is 9.93. The molecule has 10 aromatic rings. The monoisotopic (exact) mass is 641 g/mol. The fourth-order valence-corrected chi connectivity index (χ4v) is 6.69. The van der Waals surface area contributed by atoms with Gasteiger partial charge in [-0.05, 0) is 65.7 Å². The highest BCUT2D eigenvalue weighted by Crippen LogP contribution is 2.47. The molecular formula is C48H30O. The van der Waals surface area contributed by atoms with Crippen molar-refractivity contribution in [2.24, 2.45) is 0 Å². The van der Waals surface area contributed by atoms with Crippen molar-refractivity contribution in [1.29, 1.82) is 0 Å². The molecule has 228 valence electrons. The molecule has 0 atom stereocenters. The van der Waals surface area contributed by atoms with Crippen LogP contribution in [-0.4, -0.2) is 0 Å². The van der Waals surface area contributed by atoms with E-state index in [0.717, 1.165) is 11.1 Å². The van der Waals surface area contributed by atoms with E-state index in [4.69, 9.17) is 19.5 Å². The van der Waals surface area contributed by atoms with Crippen molar-refractivity contribution in [2.45, 2.75) is 0 Å². The summed E-state index contributed by atoms with van der Waals surface area (Å²) in [5.74, 6) is 0. The summed E-state index contributed by atoms with van der Waals surface area (Å²) in [4.78, 5) is 0. The van der Waals surface area contributed by atoms with Crippen LogP contribution in [0.1, 0.15) is 26.0 Å². The molecule has 1 nitrogen and oxygen atoms in total. The third-order valence-electron chi connectivity index (χ3n) is 8.75. The molecule has 0 N–H and O–H groups in total. The molecule has 49 heavy (non-hydrogen) atoms. The van der Waals surface area contributed by atoms with Crippen molar-refractivity contribution >= 4 is 54.3 Å². The fourth-order valence-electron chi connectivity index (χ4n) is 6.69. The van der Waals surface area contributed by atoms with E-state index in [1.165, 1.54) is 0 Å². The molecule has 0 fully saturated rings. The summed E-state index contributed by atoms with van der Waals surface area (Å²) < 4.78 is 180. The number of fused-ring (bicyclic) bond motifs is 6. The average Bonchev–Trinajstić information content (AvgIpc) is 3.73. The van der Waals surface area contributed by atoms with Gasteiger partial charge in [-0.15, -0.1) is 0 Å². The average molecular weight is 642 g/mol. The molecule has 0 spiro atoms. The molecule has 0 unspecified atom stereocenters. The van der Waals surface area contributed by atoms with Gasteiger partial charge in [-0.2, -0.15) is 0 Å². The maximum Gasteiger partial charge on any atom is 0.143 e. The number of furan rings is 1. The van der Waals surface area contributed by atoms with Gasteiger partial charge in [-0.1, -0.05) is 182 Å². The molecule has 1 heterocycles. The smallest absolute Gasteiger partial charge is 0.143 e. The maximum absolute atomic E-state index is 9.93. The SMILES string of the molecule is [2H]c1c([2H])c([2H])c(-c2c3c([2H])c([2H])c([2H])c([2H])c3c(-c3c([2H])c([2H])c(-c4cccc5c4oc4c(-c6ccccc6)cccc45)c4c([2H])c([2H])c([2H])c([2H])c34)c3c([2H])c([2H])c([2H])c([2H])c23)c([2H])c1[2H]. The first-order chi connectivity index (χ1) is 32.2. The molecule has 0 amide bonds. The number of benzene rings is 9. The first-order valence-corrected chi connectivity index (χ1v) is 15.3. The lowest BCUT2D eigenvalue weighted by Gasteiger charge is -2.19. The predicted molar refractivity (Wildman–Crippen MR) is 208 cm³/mol. The van der Waals surface area contributed by atoms with E-state index in [1.807, 2.05) is 48.5 Å². The van der Waals surface area contributed by atoms with Gasteiger partial charge in [-0.3, -0.25) is 0 Å². The zero-order valence-electron chi connectivity index (χ0n) is 44.3. The summed E-state index contributed by atoms with van der Waals surface area (Å²) in [6.07, 6.45) is 0. The lowest BCUT2D eigenvalue weighted by molar-refractivity contribution is 0.671. The van der Waals surface area contributed by atoms with E-state index in [9.17, 15) is 11.0 Å². The second-order valence-electron chi connectivity index (χ2n) is 11.3. The molecule has 0 saturated heterocycles. The number of hydrogen-bond acceptors (Lipinski definition) is 1. The Hall–Kier alpha value is -6.44. The van der Waals surface area contributed by atoms with E-state index in [-0.39, 0.29) is 22.1 Å². The fraction of sp³-hybridized carbons (Fsp3) is 0. The highest BCUT2D eigenvalue weighted by atomic mass is 16.3. The van der Waals surface area contributed by atoms with Crippen LogP contribution < -0.4 is 0 Å². The van der Waals surface area contributed by atoms with Crippen molar-refractivity contribution in [3.8, 4) is 44.5 Å². The molecule has 0 aliphatic heterocycles. The quantitative estimate of drug-likeness (QED) is 0.174. The molecule has 9 aromatic carbocycles. The molecule has 1 aromatic heterocycles. The number of hydrogen-bond donors (Lipinski definition) is 0. The largest absolute Gasteiger partial charge is 0.455 e. The van der Waals surface area contributed by atoms with Crippen LogP contribution in [0, 0.1) is 0 Å². The summed E-state index contributed by atoms with van der Waals surface area (Å²) in [6, 6.07) is 4.51. The van der Waals surface area contributed by atoms with Gasteiger partial charge in [0.1, 0.15) is 11.2 Å². The number of rotatable bonds is 4. The van der Waals surface area contributed by atoms with Crippen LogP contribution in [0.25, 0.3) is 98.8 Å². The van der Waals surface area contributed by atoms with Gasteiger partial charge in [0.05, 0.1) is 26.0 Å². The van der Waals surface area contributed by atoms with E-state index < -0.39 is 164 Å². The van der Waals surface area contributed by atoms with Gasteiger partial charge >= 0.3 is 0 Å². The molecule has 0 aliphatic rings. The van der Waals surface area contributed by atoms with E-state index in [2.05, 4.69) is 0 Å². The third kappa shape index (κ3) is 4.26. The zero-order valence-corrected chi connectivity index (χ0v) is 25.3. The Labute approximate surface area is 311 Å². The van der Waals surface area contributed by atoms with Crippen LogP contribution in [-0.2, 0) is 0 Å². The second-order valence-corrected chi connectivity index (χ2v) is 11.3. The summed E-state index contributed by atoms with van der Waals surface area (Å²) in [5, 5.41) is -1.80. The van der Waals surface area contributed by atoms with Gasteiger partial charge in [0.15, 0.2) is 0 Å². The van der Waals surface area contributed by atoms with Crippen LogP contribution in [0.15, 0.2) is 186 Å². The standard InChI is InChI=1S/C48H30O/c1-3-15-31(16-4-1)33-25-13-27-43-44-28-14-26-42(48(44)49-47(33)43)36-29-30-41(35-20-8-7-19-34(35)36)46-39-23-11-9-21-37(39)45(32-17-5-2-6-18-32)38-22-10-12-24-40(38)46/h1-30H/i2D,5D,6D,7D,8D,9D,10D,11D,12D,17D,18D,19D,20D,21D,22D,23D,24D,29D,30D. The van der Waals surface area contributed by atoms with Crippen molar-refractivity contribution in [3.05, 3.63) is 182 Å². The van der Waals surface area contributed by atoms with Crippen LogP contribution in [0.2, 0.25) is 0 Å². The van der Waals surface area contributed by atoms with Crippen molar-refractivity contribution < 1.29 is 30.5 Å². The molecule has 1 heteroatoms. The molecule has 0 saturated carbocycles. The molecule has 0 aliphatic carbocycles. The molecular weight excluding hydrogens is 593 g/mol. The van der Waals surface area contributed by atoms with Gasteiger partial charge in [0.2, 0.25) is 0 Å². The van der Waals surface area contributed by atoms with Gasteiger partial charge in [0, 0.05) is 21.9 Å². The van der Waals surface area contributed by atoms with E-state index >= 15 is 0 Å². The molecule has 0 bridgehead atoms.